The average Bonchev–Trinajstić information content (AvgIpc) is 2.37. The third-order valence-electron chi connectivity index (χ3n) is 3.43. The first-order chi connectivity index (χ1) is 8.97. The molecule has 1 saturated heterocycles. The van der Waals surface area contributed by atoms with Crippen molar-refractivity contribution in [1.29, 1.82) is 5.41 Å². The van der Waals surface area contributed by atoms with Crippen molar-refractivity contribution in [3.05, 3.63) is 23.8 Å². The van der Waals surface area contributed by atoms with E-state index in [1.54, 1.807) is 11.8 Å². The fourth-order valence-electron chi connectivity index (χ4n) is 2.49. The van der Waals surface area contributed by atoms with Gasteiger partial charge in [0.15, 0.2) is 0 Å². The van der Waals surface area contributed by atoms with Gasteiger partial charge in [-0.2, -0.15) is 0 Å². The molecule has 1 aromatic rings. The van der Waals surface area contributed by atoms with Crippen molar-refractivity contribution in [2.75, 3.05) is 30.9 Å². The number of benzene rings is 1. The van der Waals surface area contributed by atoms with E-state index in [4.69, 9.17) is 15.9 Å². The summed E-state index contributed by atoms with van der Waals surface area (Å²) in [5.41, 5.74) is 7.59. The molecular formula is C14H21N3OS. The molecule has 5 heteroatoms. The van der Waals surface area contributed by atoms with Gasteiger partial charge in [0.2, 0.25) is 0 Å². The zero-order chi connectivity index (χ0) is 14.0. The third-order valence-corrected chi connectivity index (χ3v) is 4.21. The van der Waals surface area contributed by atoms with Crippen LogP contribution >= 0.6 is 11.8 Å². The standard InChI is InChI=1S/C14H21N3OS/c1-14(2)9-18-8-7-17(14)10-5-4-6-11(19-3)12(10)13(15)16/h4-6H,7-9H2,1-3H3,(H3,15,16). The highest BCUT2D eigenvalue weighted by Crippen LogP contribution is 2.34. The first-order valence-electron chi connectivity index (χ1n) is 6.34. The van der Waals surface area contributed by atoms with Crippen LogP contribution in [0.1, 0.15) is 19.4 Å². The van der Waals surface area contributed by atoms with Crippen LogP contribution in [0.4, 0.5) is 5.69 Å². The lowest BCUT2D eigenvalue weighted by Crippen LogP contribution is -2.53. The van der Waals surface area contributed by atoms with E-state index < -0.39 is 0 Å². The molecule has 1 aliphatic rings. The molecule has 0 amide bonds. The van der Waals surface area contributed by atoms with Crippen LogP contribution in [0.3, 0.4) is 0 Å². The van der Waals surface area contributed by atoms with Crippen molar-refractivity contribution in [2.24, 2.45) is 5.73 Å². The Labute approximate surface area is 118 Å². The van der Waals surface area contributed by atoms with Crippen LogP contribution in [0.15, 0.2) is 23.1 Å². The number of morpholine rings is 1. The topological polar surface area (TPSA) is 62.3 Å². The maximum absolute atomic E-state index is 7.87. The summed E-state index contributed by atoms with van der Waals surface area (Å²) in [4.78, 5) is 3.35. The molecule has 0 aliphatic carbocycles. The summed E-state index contributed by atoms with van der Waals surface area (Å²) in [7, 11) is 0. The number of amidine groups is 1. The number of nitrogens with one attached hydrogen (secondary N) is 1. The Morgan fingerprint density at radius 3 is 2.79 bits per heavy atom. The Kier molecular flexibility index (Phi) is 4.06. The first-order valence-corrected chi connectivity index (χ1v) is 7.56. The average molecular weight is 279 g/mol. The van der Waals surface area contributed by atoms with E-state index in [2.05, 4.69) is 18.7 Å². The van der Waals surface area contributed by atoms with Gasteiger partial charge in [0.05, 0.1) is 24.3 Å². The van der Waals surface area contributed by atoms with Crippen molar-refractivity contribution in [2.45, 2.75) is 24.3 Å². The van der Waals surface area contributed by atoms with Gasteiger partial charge in [-0.1, -0.05) is 6.07 Å². The number of nitrogen functional groups attached to an aromatic ring is 1. The lowest BCUT2D eigenvalue weighted by molar-refractivity contribution is 0.0643. The molecule has 0 atom stereocenters. The summed E-state index contributed by atoms with van der Waals surface area (Å²) in [5, 5.41) is 7.87. The second kappa shape index (κ2) is 5.43. The largest absolute Gasteiger partial charge is 0.384 e. The molecule has 0 spiro atoms. The van der Waals surface area contributed by atoms with Crippen molar-refractivity contribution < 1.29 is 4.74 Å². The molecule has 2 rings (SSSR count). The molecule has 19 heavy (non-hydrogen) atoms. The fraction of sp³-hybridized carbons (Fsp3) is 0.500. The van der Waals surface area contributed by atoms with Gasteiger partial charge >= 0.3 is 0 Å². The Morgan fingerprint density at radius 2 is 2.21 bits per heavy atom. The number of nitrogens with two attached hydrogens (primary N) is 1. The monoisotopic (exact) mass is 279 g/mol. The molecule has 4 nitrogen and oxygen atoms in total. The van der Waals surface area contributed by atoms with Gasteiger partial charge in [0.1, 0.15) is 5.84 Å². The highest BCUT2D eigenvalue weighted by molar-refractivity contribution is 7.98. The van der Waals surface area contributed by atoms with Gasteiger partial charge in [-0.15, -0.1) is 11.8 Å². The molecule has 1 aliphatic heterocycles. The molecule has 1 fully saturated rings. The number of anilines is 1. The van der Waals surface area contributed by atoms with Gasteiger partial charge in [0, 0.05) is 17.1 Å². The van der Waals surface area contributed by atoms with Crippen LogP contribution < -0.4 is 10.6 Å². The van der Waals surface area contributed by atoms with E-state index in [9.17, 15) is 0 Å². The molecule has 1 aromatic carbocycles. The van der Waals surface area contributed by atoms with Crippen LogP contribution in [0.5, 0.6) is 0 Å². The third kappa shape index (κ3) is 2.72. The van der Waals surface area contributed by atoms with E-state index in [1.807, 2.05) is 24.5 Å². The molecule has 1 heterocycles. The Morgan fingerprint density at radius 1 is 1.47 bits per heavy atom. The zero-order valence-electron chi connectivity index (χ0n) is 11.7. The summed E-state index contributed by atoms with van der Waals surface area (Å²) >= 11 is 1.62. The molecule has 104 valence electrons. The lowest BCUT2D eigenvalue weighted by atomic mass is 9.99. The van der Waals surface area contributed by atoms with Crippen LogP contribution in [0.25, 0.3) is 0 Å². The number of hydrogen-bond donors (Lipinski definition) is 2. The normalized spacial score (nSPS) is 18.4. The molecule has 0 saturated carbocycles. The minimum atomic E-state index is -0.0838. The molecule has 0 unspecified atom stereocenters. The number of ether oxygens (including phenoxy) is 1. The first kappa shape index (κ1) is 14.2. The van der Waals surface area contributed by atoms with Crippen LogP contribution in [-0.4, -0.2) is 37.4 Å². The van der Waals surface area contributed by atoms with E-state index in [0.717, 1.165) is 22.7 Å². The van der Waals surface area contributed by atoms with Crippen molar-refractivity contribution >= 4 is 23.3 Å². The van der Waals surface area contributed by atoms with E-state index in [1.165, 1.54) is 0 Å². The van der Waals surface area contributed by atoms with Crippen LogP contribution in [-0.2, 0) is 4.74 Å². The summed E-state index contributed by atoms with van der Waals surface area (Å²) in [5.74, 6) is 0.127. The number of hydrogen-bond acceptors (Lipinski definition) is 4. The minimum Gasteiger partial charge on any atom is -0.384 e. The van der Waals surface area contributed by atoms with Crippen LogP contribution in [0.2, 0.25) is 0 Å². The van der Waals surface area contributed by atoms with E-state index in [-0.39, 0.29) is 11.4 Å². The van der Waals surface area contributed by atoms with Crippen molar-refractivity contribution in [3.63, 3.8) is 0 Å². The lowest BCUT2D eigenvalue weighted by Gasteiger charge is -2.44. The van der Waals surface area contributed by atoms with Crippen molar-refractivity contribution in [3.8, 4) is 0 Å². The SMILES string of the molecule is CSc1cccc(N2CCOCC2(C)C)c1C(=N)N. The van der Waals surface area contributed by atoms with Gasteiger partial charge in [-0.05, 0) is 32.2 Å². The quantitative estimate of drug-likeness (QED) is 0.506. The molecule has 0 radical (unpaired) electrons. The summed E-state index contributed by atoms with van der Waals surface area (Å²) in [6.07, 6.45) is 2.01. The molecule has 0 aromatic heterocycles. The van der Waals surface area contributed by atoms with Gasteiger partial charge in [-0.3, -0.25) is 5.41 Å². The summed E-state index contributed by atoms with van der Waals surface area (Å²) in [6, 6.07) is 6.08. The van der Waals surface area contributed by atoms with Crippen LogP contribution in [0, 0.1) is 5.41 Å². The fourth-order valence-corrected chi connectivity index (χ4v) is 3.12. The van der Waals surface area contributed by atoms with E-state index in [0.29, 0.717) is 13.2 Å². The van der Waals surface area contributed by atoms with Gasteiger partial charge in [-0.25, -0.2) is 0 Å². The second-order valence-corrected chi connectivity index (χ2v) is 6.13. The van der Waals surface area contributed by atoms with E-state index >= 15 is 0 Å². The Bertz CT molecular complexity index is 488. The Balaban J connectivity index is 2.52. The smallest absolute Gasteiger partial charge is 0.126 e. The highest BCUT2D eigenvalue weighted by atomic mass is 32.2. The summed E-state index contributed by atoms with van der Waals surface area (Å²) in [6.45, 7) is 6.53. The highest BCUT2D eigenvalue weighted by Gasteiger charge is 2.32. The van der Waals surface area contributed by atoms with Gasteiger partial charge < -0.3 is 15.4 Å². The van der Waals surface area contributed by atoms with Crippen molar-refractivity contribution in [1.82, 2.24) is 0 Å². The maximum Gasteiger partial charge on any atom is 0.126 e. The number of rotatable bonds is 3. The van der Waals surface area contributed by atoms with Gasteiger partial charge in [0.25, 0.3) is 0 Å². The maximum atomic E-state index is 7.87. The zero-order valence-corrected chi connectivity index (χ0v) is 12.5. The predicted octanol–water partition coefficient (Wildman–Crippen LogP) is 2.31. The Hall–Kier alpha value is -1.20. The number of thioether (sulfide) groups is 1. The summed E-state index contributed by atoms with van der Waals surface area (Å²) < 4.78 is 5.56. The number of nitrogens with zero attached hydrogens (tertiary/aromatic N) is 1. The molecule has 3 N–H and O–H groups in total. The molecule has 0 bridgehead atoms. The predicted molar refractivity (Wildman–Crippen MR) is 81.5 cm³/mol. The minimum absolute atomic E-state index is 0.0838. The second-order valence-electron chi connectivity index (χ2n) is 5.28. The molecular weight excluding hydrogens is 258 g/mol.